The maximum Gasteiger partial charge on any atom is 0.330 e. The molecule has 2 heterocycles. The van der Waals surface area contributed by atoms with Crippen molar-refractivity contribution in [3.05, 3.63) is 52.6 Å². The first-order chi connectivity index (χ1) is 9.50. The van der Waals surface area contributed by atoms with Crippen molar-refractivity contribution in [1.29, 1.82) is 0 Å². The highest BCUT2D eigenvalue weighted by Gasteiger charge is 2.11. The molecule has 0 atom stereocenters. The molecule has 0 aliphatic rings. The summed E-state index contributed by atoms with van der Waals surface area (Å²) in [6, 6.07) is 8.78. The van der Waals surface area contributed by atoms with E-state index in [9.17, 15) is 13.2 Å². The van der Waals surface area contributed by atoms with E-state index in [0.717, 1.165) is 18.0 Å². The van der Waals surface area contributed by atoms with E-state index in [1.54, 1.807) is 30.5 Å². The van der Waals surface area contributed by atoms with Crippen LogP contribution < -0.4 is 5.69 Å². The van der Waals surface area contributed by atoms with Gasteiger partial charge in [0, 0.05) is 11.6 Å². The maximum absolute atomic E-state index is 11.9. The van der Waals surface area contributed by atoms with Gasteiger partial charge in [-0.3, -0.25) is 8.58 Å². The number of hydrogen-bond donors (Lipinski definition) is 1. The van der Waals surface area contributed by atoms with Crippen LogP contribution in [0.2, 0.25) is 0 Å². The van der Waals surface area contributed by atoms with Crippen LogP contribution >= 0.6 is 0 Å². The smallest absolute Gasteiger partial charge is 0.307 e. The van der Waals surface area contributed by atoms with Crippen LogP contribution in [0.4, 0.5) is 0 Å². The van der Waals surface area contributed by atoms with Gasteiger partial charge in [-0.1, -0.05) is 12.1 Å². The quantitative estimate of drug-likeness (QED) is 0.737. The molecular formula is C13H12N2O4S. The molecule has 3 aromatic rings. The SMILES string of the molecule is COS(=O)(=O)Cc1ccc2c(c1)[nH]c(=O)n1cccc21. The molecule has 3 rings (SSSR count). The number of aromatic amines is 1. The number of nitrogens with zero attached hydrogens (tertiary/aromatic N) is 1. The second-order valence-corrected chi connectivity index (χ2v) is 6.18. The molecule has 0 fully saturated rings. The Bertz CT molecular complexity index is 953. The normalized spacial score (nSPS) is 12.2. The third-order valence-electron chi connectivity index (χ3n) is 3.17. The summed E-state index contributed by atoms with van der Waals surface area (Å²) in [6.07, 6.45) is 1.68. The van der Waals surface area contributed by atoms with Gasteiger partial charge in [-0.15, -0.1) is 0 Å². The van der Waals surface area contributed by atoms with E-state index in [1.165, 1.54) is 4.40 Å². The molecule has 0 aliphatic carbocycles. The molecule has 0 aliphatic heterocycles. The molecule has 104 valence electrons. The van der Waals surface area contributed by atoms with Crippen molar-refractivity contribution >= 4 is 26.5 Å². The van der Waals surface area contributed by atoms with E-state index in [-0.39, 0.29) is 11.4 Å². The van der Waals surface area contributed by atoms with Crippen LogP contribution in [0.3, 0.4) is 0 Å². The largest absolute Gasteiger partial charge is 0.330 e. The fourth-order valence-corrected chi connectivity index (χ4v) is 2.93. The number of rotatable bonds is 3. The first-order valence-electron chi connectivity index (χ1n) is 5.90. The minimum absolute atomic E-state index is 0.229. The predicted molar refractivity (Wildman–Crippen MR) is 75.2 cm³/mol. The fourth-order valence-electron chi connectivity index (χ4n) is 2.22. The highest BCUT2D eigenvalue weighted by molar-refractivity contribution is 7.85. The monoisotopic (exact) mass is 292 g/mol. The average molecular weight is 292 g/mol. The molecule has 7 heteroatoms. The van der Waals surface area contributed by atoms with Gasteiger partial charge in [-0.05, 0) is 23.8 Å². The molecule has 0 bridgehead atoms. The molecule has 0 spiro atoms. The van der Waals surface area contributed by atoms with Gasteiger partial charge in [0.05, 0.1) is 18.1 Å². The van der Waals surface area contributed by atoms with Gasteiger partial charge in [0.2, 0.25) is 0 Å². The van der Waals surface area contributed by atoms with E-state index in [0.29, 0.717) is 11.1 Å². The van der Waals surface area contributed by atoms with Gasteiger partial charge < -0.3 is 4.98 Å². The van der Waals surface area contributed by atoms with Crippen molar-refractivity contribution in [2.45, 2.75) is 5.75 Å². The van der Waals surface area contributed by atoms with Crippen molar-refractivity contribution < 1.29 is 12.6 Å². The first-order valence-corrected chi connectivity index (χ1v) is 7.48. The lowest BCUT2D eigenvalue weighted by molar-refractivity contribution is 0.397. The fraction of sp³-hybridized carbons (Fsp3) is 0.154. The Morgan fingerprint density at radius 1 is 1.30 bits per heavy atom. The average Bonchev–Trinajstić information content (AvgIpc) is 2.88. The number of aromatic nitrogens is 2. The number of hydrogen-bond acceptors (Lipinski definition) is 4. The molecule has 2 aromatic heterocycles. The van der Waals surface area contributed by atoms with Gasteiger partial charge in [0.1, 0.15) is 5.75 Å². The van der Waals surface area contributed by atoms with Crippen molar-refractivity contribution in [3.63, 3.8) is 0 Å². The van der Waals surface area contributed by atoms with Crippen molar-refractivity contribution in [2.75, 3.05) is 7.11 Å². The lowest BCUT2D eigenvalue weighted by atomic mass is 10.1. The third-order valence-corrected chi connectivity index (χ3v) is 4.36. The summed E-state index contributed by atoms with van der Waals surface area (Å²) in [4.78, 5) is 14.6. The van der Waals surface area contributed by atoms with Gasteiger partial charge in [-0.2, -0.15) is 8.42 Å². The van der Waals surface area contributed by atoms with E-state index in [4.69, 9.17) is 0 Å². The second-order valence-electron chi connectivity index (χ2n) is 4.44. The summed E-state index contributed by atoms with van der Waals surface area (Å²) in [5.74, 6) is -0.229. The van der Waals surface area contributed by atoms with Gasteiger partial charge in [0.25, 0.3) is 10.1 Å². The van der Waals surface area contributed by atoms with Crippen LogP contribution in [-0.2, 0) is 20.1 Å². The Labute approximate surface area is 114 Å². The molecule has 6 nitrogen and oxygen atoms in total. The number of H-pyrrole nitrogens is 1. The molecular weight excluding hydrogens is 280 g/mol. The van der Waals surface area contributed by atoms with E-state index < -0.39 is 10.1 Å². The Balaban J connectivity index is 2.22. The van der Waals surface area contributed by atoms with Crippen LogP contribution in [0.1, 0.15) is 5.56 Å². The molecule has 1 N–H and O–H groups in total. The van der Waals surface area contributed by atoms with E-state index >= 15 is 0 Å². The van der Waals surface area contributed by atoms with Gasteiger partial charge in [0.15, 0.2) is 0 Å². The lowest BCUT2D eigenvalue weighted by Crippen LogP contribution is -2.15. The Morgan fingerprint density at radius 3 is 2.85 bits per heavy atom. The molecule has 20 heavy (non-hydrogen) atoms. The number of benzene rings is 1. The summed E-state index contributed by atoms with van der Waals surface area (Å²) in [5, 5.41) is 0.855. The summed E-state index contributed by atoms with van der Waals surface area (Å²) >= 11 is 0. The highest BCUT2D eigenvalue weighted by Crippen LogP contribution is 2.19. The summed E-state index contributed by atoms with van der Waals surface area (Å²) in [5.41, 5.74) is 1.69. The van der Waals surface area contributed by atoms with Crippen LogP contribution in [0, 0.1) is 0 Å². The number of nitrogens with one attached hydrogen (secondary N) is 1. The lowest BCUT2D eigenvalue weighted by Gasteiger charge is -2.05. The predicted octanol–water partition coefficient (Wildman–Crippen LogP) is 1.26. The molecule has 0 unspecified atom stereocenters. The van der Waals surface area contributed by atoms with Crippen LogP contribution in [-0.4, -0.2) is 24.9 Å². The standard InChI is InChI=1S/C13H12N2O4S/c1-19-20(17,18)8-9-4-5-10-11(7-9)14-13(16)15-6-2-3-12(10)15/h2-7H,8H2,1H3,(H,14,16). The molecule has 1 aromatic carbocycles. The topological polar surface area (TPSA) is 80.6 Å². The highest BCUT2D eigenvalue weighted by atomic mass is 32.2. The number of fused-ring (bicyclic) bond motifs is 3. The molecule has 0 saturated carbocycles. The summed E-state index contributed by atoms with van der Waals surface area (Å²) in [6.45, 7) is 0. The second kappa shape index (κ2) is 4.46. The van der Waals surface area contributed by atoms with Crippen LogP contribution in [0.15, 0.2) is 41.3 Å². The van der Waals surface area contributed by atoms with Crippen LogP contribution in [0.25, 0.3) is 16.4 Å². The Kier molecular flexibility index (Phi) is 2.88. The minimum Gasteiger partial charge on any atom is -0.307 e. The molecule has 0 amide bonds. The minimum atomic E-state index is -3.58. The van der Waals surface area contributed by atoms with Crippen molar-refractivity contribution in [1.82, 2.24) is 9.38 Å². The van der Waals surface area contributed by atoms with Crippen molar-refractivity contribution in [3.8, 4) is 0 Å². The zero-order chi connectivity index (χ0) is 14.3. The van der Waals surface area contributed by atoms with E-state index in [2.05, 4.69) is 9.17 Å². The van der Waals surface area contributed by atoms with Gasteiger partial charge in [-0.25, -0.2) is 4.79 Å². The maximum atomic E-state index is 11.9. The molecule has 0 saturated heterocycles. The first kappa shape index (κ1) is 12.9. The summed E-state index contributed by atoms with van der Waals surface area (Å²) < 4.78 is 28.8. The van der Waals surface area contributed by atoms with Crippen molar-refractivity contribution in [2.24, 2.45) is 0 Å². The summed E-state index contributed by atoms with van der Waals surface area (Å²) in [7, 11) is -2.45. The third kappa shape index (κ3) is 2.10. The zero-order valence-electron chi connectivity index (χ0n) is 10.7. The Morgan fingerprint density at radius 2 is 2.10 bits per heavy atom. The Hall–Kier alpha value is -2.12. The zero-order valence-corrected chi connectivity index (χ0v) is 11.5. The van der Waals surface area contributed by atoms with Gasteiger partial charge >= 0.3 is 5.69 Å². The van der Waals surface area contributed by atoms with Crippen LogP contribution in [0.5, 0.6) is 0 Å². The van der Waals surface area contributed by atoms with E-state index in [1.807, 2.05) is 6.07 Å². The molecule has 0 radical (unpaired) electrons.